The van der Waals surface area contributed by atoms with Crippen LogP contribution in [0.15, 0.2) is 70.7 Å². The lowest BCUT2D eigenvalue weighted by molar-refractivity contribution is -0.115. The Morgan fingerprint density at radius 2 is 1.86 bits per heavy atom. The van der Waals surface area contributed by atoms with E-state index in [-0.39, 0.29) is 5.57 Å². The number of nitriles is 1. The second kappa shape index (κ2) is 9.04. The van der Waals surface area contributed by atoms with Crippen molar-refractivity contribution in [1.29, 1.82) is 5.26 Å². The summed E-state index contributed by atoms with van der Waals surface area (Å²) < 4.78 is 6.55. The first kappa shape index (κ1) is 20.1. The number of hydrogen-bond acceptors (Lipinski definition) is 4. The van der Waals surface area contributed by atoms with Crippen molar-refractivity contribution in [1.82, 2.24) is 5.32 Å². The first-order valence-electron chi connectivity index (χ1n) is 8.59. The van der Waals surface area contributed by atoms with Crippen LogP contribution in [0.2, 0.25) is 0 Å². The third-order valence-corrected chi connectivity index (χ3v) is 4.70. The number of rotatable bonds is 5. The molecule has 0 atom stereocenters. The number of imide groups is 1. The van der Waals surface area contributed by atoms with Crippen LogP contribution in [0.4, 0.5) is 4.79 Å². The fourth-order valence-corrected chi connectivity index (χ4v) is 3.22. The molecule has 0 aliphatic heterocycles. The second-order valence-electron chi connectivity index (χ2n) is 6.15. The Balaban J connectivity index is 1.73. The van der Waals surface area contributed by atoms with Crippen LogP contribution >= 0.6 is 15.9 Å². The van der Waals surface area contributed by atoms with Crippen molar-refractivity contribution in [2.45, 2.75) is 6.61 Å². The summed E-state index contributed by atoms with van der Waals surface area (Å²) in [6, 6.07) is 20.1. The number of nitrogens with two attached hydrogens (primary N) is 1. The summed E-state index contributed by atoms with van der Waals surface area (Å²) in [7, 11) is 0. The van der Waals surface area contributed by atoms with E-state index in [1.54, 1.807) is 24.3 Å². The van der Waals surface area contributed by atoms with Gasteiger partial charge < -0.3 is 10.5 Å². The zero-order valence-corrected chi connectivity index (χ0v) is 16.8. The van der Waals surface area contributed by atoms with Gasteiger partial charge in [0.25, 0.3) is 5.91 Å². The first-order valence-corrected chi connectivity index (χ1v) is 9.38. The zero-order chi connectivity index (χ0) is 20.8. The van der Waals surface area contributed by atoms with Crippen molar-refractivity contribution in [3.8, 4) is 11.8 Å². The molecule has 3 N–H and O–H groups in total. The molecule has 3 amide bonds. The SMILES string of the molecule is N#C/C(=C/c1ccc(OCc2ccc3ccccc3c2)c(Br)c1)C(=O)NC(N)=O. The third kappa shape index (κ3) is 5.21. The summed E-state index contributed by atoms with van der Waals surface area (Å²) in [6.45, 7) is 0.392. The maximum atomic E-state index is 11.8. The van der Waals surface area contributed by atoms with Crippen molar-refractivity contribution in [3.63, 3.8) is 0 Å². The van der Waals surface area contributed by atoms with Crippen molar-refractivity contribution >= 4 is 44.7 Å². The van der Waals surface area contributed by atoms with Crippen LogP contribution in [0, 0.1) is 11.3 Å². The highest BCUT2D eigenvalue weighted by Gasteiger charge is 2.11. The highest BCUT2D eigenvalue weighted by atomic mass is 79.9. The van der Waals surface area contributed by atoms with Crippen LogP contribution in [0.25, 0.3) is 16.8 Å². The molecule has 0 aliphatic rings. The van der Waals surface area contributed by atoms with Gasteiger partial charge in [-0.05, 0) is 62.1 Å². The molecule has 144 valence electrons. The lowest BCUT2D eigenvalue weighted by atomic mass is 10.1. The molecule has 0 aromatic heterocycles. The van der Waals surface area contributed by atoms with Gasteiger partial charge in [-0.1, -0.05) is 42.5 Å². The summed E-state index contributed by atoms with van der Waals surface area (Å²) in [5, 5.41) is 13.3. The number of nitrogens with zero attached hydrogens (tertiary/aromatic N) is 1. The molecule has 0 aliphatic carbocycles. The molecule has 3 aromatic rings. The second-order valence-corrected chi connectivity index (χ2v) is 7.00. The molecule has 3 rings (SSSR count). The van der Waals surface area contributed by atoms with E-state index in [9.17, 15) is 9.59 Å². The lowest BCUT2D eigenvalue weighted by Crippen LogP contribution is -2.35. The topological polar surface area (TPSA) is 105 Å². The molecule has 7 heteroatoms. The minimum absolute atomic E-state index is 0.236. The summed E-state index contributed by atoms with van der Waals surface area (Å²) in [6.07, 6.45) is 1.36. The monoisotopic (exact) mass is 449 g/mol. The van der Waals surface area contributed by atoms with Crippen LogP contribution in [0.1, 0.15) is 11.1 Å². The maximum absolute atomic E-state index is 11.8. The molecule has 6 nitrogen and oxygen atoms in total. The molecule has 0 fully saturated rings. The van der Waals surface area contributed by atoms with Crippen LogP contribution in [-0.2, 0) is 11.4 Å². The Hall–Kier alpha value is -3.63. The van der Waals surface area contributed by atoms with E-state index in [2.05, 4.69) is 40.2 Å². The quantitative estimate of drug-likeness (QED) is 0.447. The molecule has 0 heterocycles. The molecule has 29 heavy (non-hydrogen) atoms. The van der Waals surface area contributed by atoms with Gasteiger partial charge in [0, 0.05) is 0 Å². The molecule has 0 spiro atoms. The average Bonchev–Trinajstić information content (AvgIpc) is 2.70. The number of nitrogens with one attached hydrogen (secondary N) is 1. The minimum atomic E-state index is -1.02. The van der Waals surface area contributed by atoms with Crippen LogP contribution in [0.5, 0.6) is 5.75 Å². The Morgan fingerprint density at radius 1 is 1.10 bits per heavy atom. The van der Waals surface area contributed by atoms with Gasteiger partial charge >= 0.3 is 6.03 Å². The highest BCUT2D eigenvalue weighted by Crippen LogP contribution is 2.28. The smallest absolute Gasteiger partial charge is 0.319 e. The first-order chi connectivity index (χ1) is 14.0. The Bertz CT molecular complexity index is 1170. The van der Waals surface area contributed by atoms with E-state index >= 15 is 0 Å². The average molecular weight is 450 g/mol. The maximum Gasteiger partial charge on any atom is 0.319 e. The summed E-state index contributed by atoms with van der Waals surface area (Å²) >= 11 is 3.44. The van der Waals surface area contributed by atoms with Crippen molar-refractivity contribution in [2.24, 2.45) is 5.73 Å². The lowest BCUT2D eigenvalue weighted by Gasteiger charge is -2.10. The van der Waals surface area contributed by atoms with E-state index in [0.29, 0.717) is 22.4 Å². The zero-order valence-electron chi connectivity index (χ0n) is 15.2. The molecule has 0 saturated carbocycles. The Labute approximate surface area is 175 Å². The van der Waals surface area contributed by atoms with Crippen molar-refractivity contribution in [3.05, 3.63) is 81.8 Å². The van der Waals surface area contributed by atoms with E-state index in [0.717, 1.165) is 10.9 Å². The predicted octanol–water partition coefficient (Wildman–Crippen LogP) is 4.28. The number of primary amides is 1. The normalized spacial score (nSPS) is 11.0. The standard InChI is InChI=1S/C22H16BrN3O3/c23-19-11-14(9-18(12-24)21(27)26-22(25)28)6-8-20(19)29-13-15-5-7-16-3-1-2-4-17(16)10-15/h1-11H,13H2,(H3,25,26,27,28)/b18-9-. The minimum Gasteiger partial charge on any atom is -0.488 e. The summed E-state index contributed by atoms with van der Waals surface area (Å²) in [4.78, 5) is 22.5. The Kier molecular flexibility index (Phi) is 6.27. The van der Waals surface area contributed by atoms with Gasteiger partial charge in [-0.15, -0.1) is 0 Å². The summed E-state index contributed by atoms with van der Waals surface area (Å²) in [5.41, 5.74) is 6.29. The summed E-state index contributed by atoms with van der Waals surface area (Å²) in [5.74, 6) is -0.233. The van der Waals surface area contributed by atoms with Crippen molar-refractivity contribution < 1.29 is 14.3 Å². The number of carbonyl (C=O) groups is 2. The van der Waals surface area contributed by atoms with Gasteiger partial charge in [0.2, 0.25) is 0 Å². The number of fused-ring (bicyclic) bond motifs is 1. The van der Waals surface area contributed by atoms with Crippen LogP contribution in [-0.4, -0.2) is 11.9 Å². The van der Waals surface area contributed by atoms with Gasteiger partial charge in [-0.3, -0.25) is 10.1 Å². The van der Waals surface area contributed by atoms with Crippen LogP contribution in [0.3, 0.4) is 0 Å². The molecule has 0 saturated heterocycles. The van der Waals surface area contributed by atoms with Gasteiger partial charge in [-0.2, -0.15) is 5.26 Å². The number of halogens is 1. The fourth-order valence-electron chi connectivity index (χ4n) is 2.71. The van der Waals surface area contributed by atoms with Gasteiger partial charge in [-0.25, -0.2) is 4.79 Å². The Morgan fingerprint density at radius 3 is 2.55 bits per heavy atom. The van der Waals surface area contributed by atoms with Gasteiger partial charge in [0.15, 0.2) is 0 Å². The highest BCUT2D eigenvalue weighted by molar-refractivity contribution is 9.10. The number of benzene rings is 3. The number of hydrogen-bond donors (Lipinski definition) is 2. The molecule has 3 aromatic carbocycles. The van der Waals surface area contributed by atoms with Gasteiger partial charge in [0.1, 0.15) is 24.0 Å². The van der Waals surface area contributed by atoms with Crippen LogP contribution < -0.4 is 15.8 Å². The van der Waals surface area contributed by atoms with Crippen molar-refractivity contribution in [2.75, 3.05) is 0 Å². The fraction of sp³-hybridized carbons (Fsp3) is 0.0455. The molecule has 0 unspecified atom stereocenters. The molecule has 0 bridgehead atoms. The van der Waals surface area contributed by atoms with E-state index < -0.39 is 11.9 Å². The molecular formula is C22H16BrN3O3. The number of amides is 3. The number of ether oxygens (including phenoxy) is 1. The number of carbonyl (C=O) groups excluding carboxylic acids is 2. The van der Waals surface area contributed by atoms with E-state index in [1.165, 1.54) is 11.5 Å². The molecule has 0 radical (unpaired) electrons. The largest absolute Gasteiger partial charge is 0.488 e. The predicted molar refractivity (Wildman–Crippen MR) is 114 cm³/mol. The van der Waals surface area contributed by atoms with E-state index in [4.69, 9.17) is 15.7 Å². The van der Waals surface area contributed by atoms with Gasteiger partial charge in [0.05, 0.1) is 4.47 Å². The third-order valence-electron chi connectivity index (χ3n) is 4.08. The number of urea groups is 1. The van der Waals surface area contributed by atoms with E-state index in [1.807, 2.05) is 23.5 Å². The molecular weight excluding hydrogens is 434 g/mol.